The molecule has 32 heavy (non-hydrogen) atoms. The minimum absolute atomic E-state index is 0.0497. The third-order valence-electron chi connectivity index (χ3n) is 5.64. The van der Waals surface area contributed by atoms with Gasteiger partial charge in [0.15, 0.2) is 5.69 Å². The van der Waals surface area contributed by atoms with E-state index in [-0.39, 0.29) is 18.2 Å². The fourth-order valence-electron chi connectivity index (χ4n) is 4.01. The molecular weight excluding hydrogens is 426 g/mol. The minimum atomic E-state index is -0.479. The van der Waals surface area contributed by atoms with E-state index in [0.717, 1.165) is 42.9 Å². The number of esters is 1. The van der Waals surface area contributed by atoms with Crippen molar-refractivity contribution in [3.8, 4) is 16.9 Å². The summed E-state index contributed by atoms with van der Waals surface area (Å²) < 4.78 is 6.81. The zero-order chi connectivity index (χ0) is 22.7. The van der Waals surface area contributed by atoms with Gasteiger partial charge in [0, 0.05) is 29.2 Å². The third-order valence-corrected chi connectivity index (χ3v) is 5.89. The highest BCUT2D eigenvalue weighted by atomic mass is 35.5. The highest BCUT2D eigenvalue weighted by Gasteiger charge is 2.22. The van der Waals surface area contributed by atoms with Gasteiger partial charge < -0.3 is 9.64 Å². The summed E-state index contributed by atoms with van der Waals surface area (Å²) in [4.78, 5) is 27.1. The number of ether oxygens (including phenoxy) is 1. The van der Waals surface area contributed by atoms with E-state index in [1.807, 2.05) is 41.3 Å². The fourth-order valence-corrected chi connectivity index (χ4v) is 4.14. The Balaban J connectivity index is 1.66. The van der Waals surface area contributed by atoms with Crippen LogP contribution >= 0.6 is 11.6 Å². The maximum absolute atomic E-state index is 12.9. The molecule has 0 saturated carbocycles. The molecule has 1 aliphatic heterocycles. The number of amides is 1. The monoisotopic (exact) mass is 451 g/mol. The topological polar surface area (TPSA) is 64.4 Å². The Morgan fingerprint density at radius 3 is 2.50 bits per heavy atom. The molecule has 166 valence electrons. The number of hydrogen-bond donors (Lipinski definition) is 0. The normalized spacial score (nSPS) is 16.1. The van der Waals surface area contributed by atoms with Crippen LogP contribution in [0.1, 0.15) is 47.5 Å². The van der Waals surface area contributed by atoms with Crippen molar-refractivity contribution in [1.29, 1.82) is 0 Å². The molecule has 2 aromatic carbocycles. The van der Waals surface area contributed by atoms with Crippen LogP contribution in [0.4, 0.5) is 0 Å². The summed E-state index contributed by atoms with van der Waals surface area (Å²) in [5.74, 6) is 0.0976. The second-order valence-corrected chi connectivity index (χ2v) is 8.54. The van der Waals surface area contributed by atoms with Crippen LogP contribution in [0.2, 0.25) is 5.02 Å². The molecule has 1 unspecified atom stereocenters. The Morgan fingerprint density at radius 2 is 1.84 bits per heavy atom. The number of benzene rings is 2. The first-order valence-corrected chi connectivity index (χ1v) is 11.3. The zero-order valence-electron chi connectivity index (χ0n) is 18.3. The smallest absolute Gasteiger partial charge is 0.358 e. The summed E-state index contributed by atoms with van der Waals surface area (Å²) in [5.41, 5.74) is 3.20. The molecule has 1 amide bonds. The van der Waals surface area contributed by atoms with Gasteiger partial charge in [-0.05, 0) is 68.1 Å². The van der Waals surface area contributed by atoms with Gasteiger partial charge in [-0.1, -0.05) is 30.7 Å². The maximum Gasteiger partial charge on any atom is 0.358 e. The molecule has 0 aliphatic carbocycles. The number of halogens is 1. The SMILES string of the molecule is CCOC(=O)c1cc(-c2ccc(Cl)cc2)n(-c2ccc(C(=O)N3CCCC(C)C3)cc2)n1. The summed E-state index contributed by atoms with van der Waals surface area (Å²) in [7, 11) is 0. The van der Waals surface area contributed by atoms with Crippen LogP contribution in [-0.4, -0.2) is 46.3 Å². The van der Waals surface area contributed by atoms with Crippen LogP contribution in [0.15, 0.2) is 54.6 Å². The second-order valence-electron chi connectivity index (χ2n) is 8.10. The average Bonchev–Trinajstić information content (AvgIpc) is 3.25. The molecule has 0 bridgehead atoms. The summed E-state index contributed by atoms with van der Waals surface area (Å²) in [5, 5.41) is 5.11. The summed E-state index contributed by atoms with van der Waals surface area (Å²) >= 11 is 6.04. The van der Waals surface area contributed by atoms with E-state index in [9.17, 15) is 9.59 Å². The molecule has 7 heteroatoms. The highest BCUT2D eigenvalue weighted by molar-refractivity contribution is 6.30. The molecule has 3 aromatic rings. The number of nitrogens with zero attached hydrogens (tertiary/aromatic N) is 3. The summed E-state index contributed by atoms with van der Waals surface area (Å²) in [6.45, 7) is 5.80. The van der Waals surface area contributed by atoms with Gasteiger partial charge in [-0.3, -0.25) is 4.79 Å². The Bertz CT molecular complexity index is 1110. The van der Waals surface area contributed by atoms with Crippen LogP contribution in [0.5, 0.6) is 0 Å². The molecule has 1 saturated heterocycles. The van der Waals surface area contributed by atoms with Crippen LogP contribution < -0.4 is 0 Å². The average molecular weight is 452 g/mol. The Hall–Kier alpha value is -3.12. The lowest BCUT2D eigenvalue weighted by Crippen LogP contribution is -2.39. The molecule has 1 fully saturated rings. The van der Waals surface area contributed by atoms with E-state index in [2.05, 4.69) is 12.0 Å². The van der Waals surface area contributed by atoms with Gasteiger partial charge in [0.25, 0.3) is 5.91 Å². The molecule has 0 N–H and O–H groups in total. The van der Waals surface area contributed by atoms with Gasteiger partial charge in [0.05, 0.1) is 18.0 Å². The first-order valence-electron chi connectivity index (χ1n) is 10.9. The van der Waals surface area contributed by atoms with Crippen molar-refractivity contribution in [1.82, 2.24) is 14.7 Å². The molecule has 0 radical (unpaired) electrons. The maximum atomic E-state index is 12.9. The van der Waals surface area contributed by atoms with Crippen molar-refractivity contribution in [3.05, 3.63) is 70.9 Å². The van der Waals surface area contributed by atoms with E-state index < -0.39 is 5.97 Å². The number of piperidine rings is 1. The molecule has 1 aromatic heterocycles. The second kappa shape index (κ2) is 9.57. The minimum Gasteiger partial charge on any atom is -0.461 e. The van der Waals surface area contributed by atoms with Crippen molar-refractivity contribution < 1.29 is 14.3 Å². The number of likely N-dealkylation sites (tertiary alicyclic amines) is 1. The lowest BCUT2D eigenvalue weighted by Gasteiger charge is -2.31. The largest absolute Gasteiger partial charge is 0.461 e. The van der Waals surface area contributed by atoms with Crippen molar-refractivity contribution in [2.75, 3.05) is 19.7 Å². The molecular formula is C25H26ClN3O3. The molecule has 1 aliphatic rings. The lowest BCUT2D eigenvalue weighted by molar-refractivity contribution is 0.0518. The van der Waals surface area contributed by atoms with Crippen molar-refractivity contribution in [2.45, 2.75) is 26.7 Å². The van der Waals surface area contributed by atoms with Gasteiger partial charge in [0.1, 0.15) is 0 Å². The fraction of sp³-hybridized carbons (Fsp3) is 0.320. The summed E-state index contributed by atoms with van der Waals surface area (Å²) in [6.07, 6.45) is 2.21. The molecule has 2 heterocycles. The Morgan fingerprint density at radius 1 is 1.12 bits per heavy atom. The van der Waals surface area contributed by atoms with Crippen molar-refractivity contribution >= 4 is 23.5 Å². The number of rotatable bonds is 5. The standard InChI is InChI=1S/C25H26ClN3O3/c1-3-32-25(31)22-15-23(18-6-10-20(26)11-7-18)29(27-22)21-12-8-19(9-13-21)24(30)28-14-4-5-17(2)16-28/h6-13,15,17H,3-5,14,16H2,1-2H3. The Kier molecular flexibility index (Phi) is 6.61. The molecule has 4 rings (SSSR count). The number of hydrogen-bond acceptors (Lipinski definition) is 4. The van der Waals surface area contributed by atoms with Gasteiger partial charge in [-0.2, -0.15) is 5.10 Å². The van der Waals surface area contributed by atoms with E-state index in [1.165, 1.54) is 0 Å². The van der Waals surface area contributed by atoms with Gasteiger partial charge in [0.2, 0.25) is 0 Å². The van der Waals surface area contributed by atoms with E-state index >= 15 is 0 Å². The summed E-state index contributed by atoms with van der Waals surface area (Å²) in [6, 6.07) is 16.4. The molecule has 1 atom stereocenters. The molecule has 0 spiro atoms. The first kappa shape index (κ1) is 22.1. The highest BCUT2D eigenvalue weighted by Crippen LogP contribution is 2.26. The van der Waals surface area contributed by atoms with E-state index in [0.29, 0.717) is 16.5 Å². The zero-order valence-corrected chi connectivity index (χ0v) is 19.0. The number of carbonyl (C=O) groups is 2. The number of carbonyl (C=O) groups excluding carboxylic acids is 2. The number of aromatic nitrogens is 2. The van der Waals surface area contributed by atoms with Crippen LogP contribution in [0.3, 0.4) is 0 Å². The van der Waals surface area contributed by atoms with Gasteiger partial charge in [-0.25, -0.2) is 9.48 Å². The van der Waals surface area contributed by atoms with Crippen LogP contribution in [-0.2, 0) is 4.74 Å². The third kappa shape index (κ3) is 4.70. The predicted octanol–water partition coefficient (Wildman–Crippen LogP) is 5.24. The quantitative estimate of drug-likeness (QED) is 0.497. The van der Waals surface area contributed by atoms with Crippen LogP contribution in [0.25, 0.3) is 16.9 Å². The van der Waals surface area contributed by atoms with Crippen molar-refractivity contribution in [2.24, 2.45) is 5.92 Å². The van der Waals surface area contributed by atoms with E-state index in [4.69, 9.17) is 16.3 Å². The van der Waals surface area contributed by atoms with Crippen LogP contribution in [0, 0.1) is 5.92 Å². The Labute approximate surface area is 192 Å². The van der Waals surface area contributed by atoms with Gasteiger partial charge >= 0.3 is 5.97 Å². The van der Waals surface area contributed by atoms with Gasteiger partial charge in [-0.15, -0.1) is 0 Å². The predicted molar refractivity (Wildman–Crippen MR) is 124 cm³/mol. The van der Waals surface area contributed by atoms with E-state index in [1.54, 1.807) is 29.8 Å². The lowest BCUT2D eigenvalue weighted by atomic mass is 9.99. The van der Waals surface area contributed by atoms with Crippen molar-refractivity contribution in [3.63, 3.8) is 0 Å². The molecule has 6 nitrogen and oxygen atoms in total. The first-order chi connectivity index (χ1) is 15.5.